The third-order valence-electron chi connectivity index (χ3n) is 3.56. The average molecular weight is 200 g/mol. The van der Waals surface area contributed by atoms with Crippen LogP contribution in [0.4, 0.5) is 0 Å². The molecule has 2 heteroatoms. The standard InChI is InChI=1S/C12H24O2/c1-9-5-10(2)12(8-14-4)11(6-9)7-13-3/h9-12H,5-8H2,1-4H3. The van der Waals surface area contributed by atoms with Gasteiger partial charge in [-0.05, 0) is 36.5 Å². The molecule has 0 bridgehead atoms. The Morgan fingerprint density at radius 1 is 1.00 bits per heavy atom. The van der Waals surface area contributed by atoms with Gasteiger partial charge in [0.1, 0.15) is 0 Å². The van der Waals surface area contributed by atoms with Gasteiger partial charge in [0, 0.05) is 27.4 Å². The first-order valence-corrected chi connectivity index (χ1v) is 5.66. The zero-order valence-electron chi connectivity index (χ0n) is 9.95. The van der Waals surface area contributed by atoms with Crippen molar-refractivity contribution in [2.45, 2.75) is 26.7 Å². The quantitative estimate of drug-likeness (QED) is 0.694. The van der Waals surface area contributed by atoms with E-state index in [4.69, 9.17) is 9.47 Å². The van der Waals surface area contributed by atoms with Gasteiger partial charge in [-0.3, -0.25) is 0 Å². The first kappa shape index (κ1) is 12.0. The minimum absolute atomic E-state index is 0.691. The number of hydrogen-bond acceptors (Lipinski definition) is 2. The number of hydrogen-bond donors (Lipinski definition) is 0. The molecule has 0 amide bonds. The highest BCUT2D eigenvalue weighted by Gasteiger charge is 2.33. The molecule has 2 nitrogen and oxygen atoms in total. The SMILES string of the molecule is COCC1CC(C)CC(C)C1COC. The van der Waals surface area contributed by atoms with Gasteiger partial charge < -0.3 is 9.47 Å². The van der Waals surface area contributed by atoms with Crippen LogP contribution in [-0.4, -0.2) is 27.4 Å². The summed E-state index contributed by atoms with van der Waals surface area (Å²) >= 11 is 0. The van der Waals surface area contributed by atoms with Crippen molar-refractivity contribution < 1.29 is 9.47 Å². The summed E-state index contributed by atoms with van der Waals surface area (Å²) in [5.41, 5.74) is 0. The van der Waals surface area contributed by atoms with Crippen LogP contribution in [0.15, 0.2) is 0 Å². The first-order chi connectivity index (χ1) is 6.69. The van der Waals surface area contributed by atoms with Crippen molar-refractivity contribution in [1.29, 1.82) is 0 Å². The molecule has 1 fully saturated rings. The van der Waals surface area contributed by atoms with Gasteiger partial charge in [-0.2, -0.15) is 0 Å². The molecule has 1 aliphatic rings. The first-order valence-electron chi connectivity index (χ1n) is 5.66. The summed E-state index contributed by atoms with van der Waals surface area (Å²) < 4.78 is 10.6. The average Bonchev–Trinajstić information content (AvgIpc) is 2.11. The maximum Gasteiger partial charge on any atom is 0.0496 e. The van der Waals surface area contributed by atoms with Crippen molar-refractivity contribution in [1.82, 2.24) is 0 Å². The third-order valence-corrected chi connectivity index (χ3v) is 3.56. The molecule has 0 aliphatic heterocycles. The van der Waals surface area contributed by atoms with E-state index in [0.29, 0.717) is 11.8 Å². The highest BCUT2D eigenvalue weighted by molar-refractivity contribution is 4.82. The van der Waals surface area contributed by atoms with Crippen molar-refractivity contribution in [3.05, 3.63) is 0 Å². The van der Waals surface area contributed by atoms with Crippen LogP contribution in [0.1, 0.15) is 26.7 Å². The van der Waals surface area contributed by atoms with Crippen molar-refractivity contribution >= 4 is 0 Å². The maximum atomic E-state index is 5.31. The Morgan fingerprint density at radius 2 is 1.64 bits per heavy atom. The van der Waals surface area contributed by atoms with E-state index in [1.807, 2.05) is 0 Å². The molecule has 4 atom stereocenters. The van der Waals surface area contributed by atoms with Gasteiger partial charge in [0.25, 0.3) is 0 Å². The molecule has 1 saturated carbocycles. The minimum Gasteiger partial charge on any atom is -0.384 e. The van der Waals surface area contributed by atoms with Crippen molar-refractivity contribution in [2.24, 2.45) is 23.7 Å². The monoisotopic (exact) mass is 200 g/mol. The van der Waals surface area contributed by atoms with E-state index < -0.39 is 0 Å². The molecule has 1 rings (SSSR count). The van der Waals surface area contributed by atoms with Crippen molar-refractivity contribution in [3.63, 3.8) is 0 Å². The van der Waals surface area contributed by atoms with Crippen LogP contribution < -0.4 is 0 Å². The van der Waals surface area contributed by atoms with Crippen LogP contribution in [0.5, 0.6) is 0 Å². The van der Waals surface area contributed by atoms with Crippen LogP contribution >= 0.6 is 0 Å². The smallest absolute Gasteiger partial charge is 0.0496 e. The summed E-state index contributed by atoms with van der Waals surface area (Å²) in [5.74, 6) is 3.01. The Hall–Kier alpha value is -0.0800. The van der Waals surface area contributed by atoms with E-state index in [1.54, 1.807) is 14.2 Å². The molecule has 0 aromatic rings. The topological polar surface area (TPSA) is 18.5 Å². The molecule has 4 unspecified atom stereocenters. The van der Waals surface area contributed by atoms with Crippen LogP contribution in [0, 0.1) is 23.7 Å². The normalized spacial score (nSPS) is 38.6. The molecule has 0 radical (unpaired) electrons. The fraction of sp³-hybridized carbons (Fsp3) is 1.00. The number of rotatable bonds is 4. The van der Waals surface area contributed by atoms with Crippen LogP contribution in [-0.2, 0) is 9.47 Å². The molecular weight excluding hydrogens is 176 g/mol. The summed E-state index contributed by atoms with van der Waals surface area (Å²) in [6.45, 7) is 6.48. The Kier molecular flexibility index (Phi) is 4.90. The molecule has 14 heavy (non-hydrogen) atoms. The lowest BCUT2D eigenvalue weighted by Gasteiger charge is -2.39. The maximum absolute atomic E-state index is 5.31. The van der Waals surface area contributed by atoms with E-state index in [-0.39, 0.29) is 0 Å². The van der Waals surface area contributed by atoms with Crippen molar-refractivity contribution in [2.75, 3.05) is 27.4 Å². The summed E-state index contributed by atoms with van der Waals surface area (Å²) in [4.78, 5) is 0. The fourth-order valence-electron chi connectivity index (χ4n) is 2.96. The lowest BCUT2D eigenvalue weighted by Crippen LogP contribution is -2.35. The van der Waals surface area contributed by atoms with Gasteiger partial charge in [0.05, 0.1) is 0 Å². The minimum atomic E-state index is 0.691. The molecule has 0 spiro atoms. The molecule has 0 N–H and O–H groups in total. The highest BCUT2D eigenvalue weighted by atomic mass is 16.5. The summed E-state index contributed by atoms with van der Waals surface area (Å²) in [7, 11) is 3.60. The second-order valence-corrected chi connectivity index (χ2v) is 4.89. The largest absolute Gasteiger partial charge is 0.384 e. The molecule has 0 saturated heterocycles. The molecule has 0 aromatic carbocycles. The lowest BCUT2D eigenvalue weighted by molar-refractivity contribution is 0.00441. The fourth-order valence-corrected chi connectivity index (χ4v) is 2.96. The van der Waals surface area contributed by atoms with Gasteiger partial charge >= 0.3 is 0 Å². The predicted molar refractivity (Wildman–Crippen MR) is 58.3 cm³/mol. The molecular formula is C12H24O2. The van der Waals surface area contributed by atoms with E-state index >= 15 is 0 Å². The molecule has 84 valence electrons. The van der Waals surface area contributed by atoms with Gasteiger partial charge in [0.15, 0.2) is 0 Å². The Balaban J connectivity index is 2.55. The predicted octanol–water partition coefficient (Wildman–Crippen LogP) is 2.58. The van der Waals surface area contributed by atoms with Crippen LogP contribution in [0.2, 0.25) is 0 Å². The molecule has 0 aromatic heterocycles. The van der Waals surface area contributed by atoms with Gasteiger partial charge in [-0.15, -0.1) is 0 Å². The van der Waals surface area contributed by atoms with Gasteiger partial charge in [-0.1, -0.05) is 13.8 Å². The lowest BCUT2D eigenvalue weighted by atomic mass is 9.69. The van der Waals surface area contributed by atoms with E-state index in [1.165, 1.54) is 12.8 Å². The van der Waals surface area contributed by atoms with E-state index in [0.717, 1.165) is 25.0 Å². The summed E-state index contributed by atoms with van der Waals surface area (Å²) in [6, 6.07) is 0. The summed E-state index contributed by atoms with van der Waals surface area (Å²) in [6.07, 6.45) is 2.64. The van der Waals surface area contributed by atoms with Gasteiger partial charge in [0.2, 0.25) is 0 Å². The molecule has 0 heterocycles. The van der Waals surface area contributed by atoms with Crippen molar-refractivity contribution in [3.8, 4) is 0 Å². The Bertz CT molecular complexity index is 158. The second-order valence-electron chi connectivity index (χ2n) is 4.89. The van der Waals surface area contributed by atoms with Gasteiger partial charge in [-0.25, -0.2) is 0 Å². The number of methoxy groups -OCH3 is 2. The Morgan fingerprint density at radius 3 is 2.21 bits per heavy atom. The van der Waals surface area contributed by atoms with Crippen LogP contribution in [0.3, 0.4) is 0 Å². The highest BCUT2D eigenvalue weighted by Crippen LogP contribution is 2.38. The zero-order valence-corrected chi connectivity index (χ0v) is 9.95. The Labute approximate surface area is 88.0 Å². The molecule has 1 aliphatic carbocycles. The van der Waals surface area contributed by atoms with E-state index in [2.05, 4.69) is 13.8 Å². The summed E-state index contributed by atoms with van der Waals surface area (Å²) in [5, 5.41) is 0. The second kappa shape index (κ2) is 5.72. The third kappa shape index (κ3) is 2.96. The zero-order chi connectivity index (χ0) is 10.6. The van der Waals surface area contributed by atoms with Crippen LogP contribution in [0.25, 0.3) is 0 Å². The number of ether oxygens (including phenoxy) is 2. The van der Waals surface area contributed by atoms with E-state index in [9.17, 15) is 0 Å².